The first-order valence-corrected chi connectivity index (χ1v) is 9.23. The summed E-state index contributed by atoms with van der Waals surface area (Å²) in [4.78, 5) is 11.8. The fraction of sp³-hybridized carbons (Fsp3) is 0.190. The molecule has 0 aliphatic carbocycles. The van der Waals surface area contributed by atoms with Gasteiger partial charge >= 0.3 is 11.9 Å². The number of fused-ring (bicyclic) bond motifs is 3. The predicted molar refractivity (Wildman–Crippen MR) is 105 cm³/mol. The standard InChI is InChI=1S/C21H19N5O2/c1-28-16-9-7-15(8-10-16)18-13-17(14-5-3-2-4-6-14)22-21-25-12-11-19(27)23-20(25)24-26(18)21/h2-10,13,18H,11-12H2,1H3,(H,23,24,27)/p+1. The van der Waals surface area contributed by atoms with E-state index in [0.717, 1.165) is 28.5 Å². The number of nitrogens with zero attached hydrogens (tertiary/aromatic N) is 3. The lowest BCUT2D eigenvalue weighted by Crippen LogP contribution is -2.45. The summed E-state index contributed by atoms with van der Waals surface area (Å²) in [5.74, 6) is 2.23. The van der Waals surface area contributed by atoms with Crippen LogP contribution < -0.4 is 19.9 Å². The van der Waals surface area contributed by atoms with Crippen LogP contribution in [0, 0.1) is 0 Å². The van der Waals surface area contributed by atoms with Crippen molar-refractivity contribution in [2.75, 3.05) is 17.7 Å². The molecule has 140 valence electrons. The van der Waals surface area contributed by atoms with Crippen molar-refractivity contribution in [2.45, 2.75) is 19.0 Å². The Hall–Kier alpha value is -3.61. The van der Waals surface area contributed by atoms with Gasteiger partial charge in [-0.1, -0.05) is 42.5 Å². The van der Waals surface area contributed by atoms with Gasteiger partial charge in [-0.15, -0.1) is 4.68 Å². The number of hydrogen-bond donors (Lipinski definition) is 2. The molecule has 28 heavy (non-hydrogen) atoms. The van der Waals surface area contributed by atoms with E-state index in [-0.39, 0.29) is 11.9 Å². The van der Waals surface area contributed by atoms with Gasteiger partial charge in [0.1, 0.15) is 11.8 Å². The normalized spacial score (nSPS) is 17.7. The van der Waals surface area contributed by atoms with Crippen molar-refractivity contribution in [1.29, 1.82) is 0 Å². The minimum absolute atomic E-state index is 0.00677. The summed E-state index contributed by atoms with van der Waals surface area (Å²) in [6.45, 7) is 0.598. The number of nitrogens with one attached hydrogen (secondary N) is 2. The van der Waals surface area contributed by atoms with Gasteiger partial charge in [-0.3, -0.25) is 10.1 Å². The van der Waals surface area contributed by atoms with E-state index in [0.29, 0.717) is 18.9 Å². The molecule has 1 atom stereocenters. The number of hydrogen-bond acceptors (Lipinski definition) is 4. The number of aromatic nitrogens is 3. The van der Waals surface area contributed by atoms with Crippen LogP contribution in [0.3, 0.4) is 0 Å². The molecule has 1 amide bonds. The summed E-state index contributed by atoms with van der Waals surface area (Å²) in [5, 5.41) is 11.1. The molecule has 2 N–H and O–H groups in total. The van der Waals surface area contributed by atoms with Crippen molar-refractivity contribution in [1.82, 2.24) is 9.78 Å². The number of anilines is 2. The first kappa shape index (κ1) is 16.6. The van der Waals surface area contributed by atoms with Crippen LogP contribution in [0.5, 0.6) is 5.75 Å². The molecule has 0 fully saturated rings. The molecular formula is C21H20N5O2+. The third kappa shape index (κ3) is 2.72. The number of allylic oxidation sites excluding steroid dienone is 1. The molecule has 7 heteroatoms. The van der Waals surface area contributed by atoms with E-state index < -0.39 is 0 Å². The number of carbonyl (C=O) groups is 1. The summed E-state index contributed by atoms with van der Waals surface area (Å²) in [5.41, 5.74) is 3.20. The van der Waals surface area contributed by atoms with Gasteiger partial charge < -0.3 is 4.74 Å². The van der Waals surface area contributed by atoms with Crippen LogP contribution in [-0.4, -0.2) is 22.8 Å². The number of rotatable bonds is 3. The molecule has 1 aromatic heterocycles. The largest absolute Gasteiger partial charge is 0.497 e. The van der Waals surface area contributed by atoms with Gasteiger partial charge in [0.05, 0.1) is 25.8 Å². The molecule has 2 aliphatic heterocycles. The van der Waals surface area contributed by atoms with E-state index in [9.17, 15) is 4.79 Å². The van der Waals surface area contributed by atoms with Crippen molar-refractivity contribution in [3.8, 4) is 5.75 Å². The summed E-state index contributed by atoms with van der Waals surface area (Å²) >= 11 is 0. The molecule has 0 saturated carbocycles. The van der Waals surface area contributed by atoms with Gasteiger partial charge in [-0.25, -0.2) is 9.88 Å². The van der Waals surface area contributed by atoms with E-state index in [2.05, 4.69) is 33.9 Å². The second-order valence-electron chi connectivity index (χ2n) is 6.83. The topological polar surface area (TPSA) is 72.1 Å². The van der Waals surface area contributed by atoms with Crippen LogP contribution in [0.2, 0.25) is 0 Å². The highest BCUT2D eigenvalue weighted by Gasteiger charge is 2.36. The Morgan fingerprint density at radius 3 is 2.64 bits per heavy atom. The van der Waals surface area contributed by atoms with Crippen LogP contribution in [-0.2, 0) is 11.3 Å². The second-order valence-corrected chi connectivity index (χ2v) is 6.83. The van der Waals surface area contributed by atoms with Crippen molar-refractivity contribution < 1.29 is 14.1 Å². The van der Waals surface area contributed by atoms with E-state index in [4.69, 9.17) is 4.74 Å². The van der Waals surface area contributed by atoms with Crippen molar-refractivity contribution in [3.05, 3.63) is 71.8 Å². The number of amides is 1. The highest BCUT2D eigenvalue weighted by molar-refractivity contribution is 5.89. The van der Waals surface area contributed by atoms with Crippen LogP contribution in [0.15, 0.2) is 60.7 Å². The smallest absolute Gasteiger partial charge is 0.356 e. The van der Waals surface area contributed by atoms with Crippen molar-refractivity contribution in [3.63, 3.8) is 0 Å². The summed E-state index contributed by atoms with van der Waals surface area (Å²) < 4.78 is 9.24. The fourth-order valence-electron chi connectivity index (χ4n) is 3.67. The Bertz CT molecular complexity index is 1070. The van der Waals surface area contributed by atoms with Gasteiger partial charge in [-0.2, -0.15) is 0 Å². The molecule has 1 unspecified atom stereocenters. The maximum atomic E-state index is 11.8. The molecule has 0 spiro atoms. The highest BCUT2D eigenvalue weighted by atomic mass is 16.5. The first-order valence-electron chi connectivity index (χ1n) is 9.23. The number of benzene rings is 2. The van der Waals surface area contributed by atoms with Gasteiger partial charge in [0.15, 0.2) is 0 Å². The molecular weight excluding hydrogens is 354 g/mol. The van der Waals surface area contributed by atoms with Gasteiger partial charge in [0.25, 0.3) is 5.91 Å². The second kappa shape index (κ2) is 6.53. The Morgan fingerprint density at radius 1 is 1.11 bits per heavy atom. The molecule has 2 aliphatic rings. The zero-order valence-corrected chi connectivity index (χ0v) is 15.4. The minimum atomic E-state index is -0.104. The monoisotopic (exact) mass is 374 g/mol. The quantitative estimate of drug-likeness (QED) is 0.691. The maximum Gasteiger partial charge on any atom is 0.356 e. The Kier molecular flexibility index (Phi) is 3.86. The van der Waals surface area contributed by atoms with Gasteiger partial charge in [0.2, 0.25) is 0 Å². The van der Waals surface area contributed by atoms with E-state index in [1.54, 1.807) is 7.11 Å². The van der Waals surface area contributed by atoms with Crippen LogP contribution in [0.1, 0.15) is 23.6 Å². The Labute approximate surface area is 162 Å². The zero-order valence-electron chi connectivity index (χ0n) is 15.4. The summed E-state index contributed by atoms with van der Waals surface area (Å²) in [6.07, 6.45) is 2.60. The van der Waals surface area contributed by atoms with Gasteiger partial charge in [0, 0.05) is 10.7 Å². The van der Waals surface area contributed by atoms with E-state index >= 15 is 0 Å². The SMILES string of the molecule is COc1ccc(C2C=C(c3ccccc3)Nc3n2nc2[n+]3CCC(=O)N2)cc1. The van der Waals surface area contributed by atoms with Gasteiger partial charge in [-0.05, 0) is 23.8 Å². The molecule has 5 rings (SSSR count). The molecule has 0 bridgehead atoms. The molecule has 0 saturated heterocycles. The minimum Gasteiger partial charge on any atom is -0.497 e. The van der Waals surface area contributed by atoms with Crippen LogP contribution >= 0.6 is 0 Å². The zero-order chi connectivity index (χ0) is 19.1. The third-order valence-electron chi connectivity index (χ3n) is 5.12. The molecule has 2 aromatic carbocycles. The lowest BCUT2D eigenvalue weighted by molar-refractivity contribution is -0.670. The number of methoxy groups -OCH3 is 1. The Balaban J connectivity index is 1.64. The highest BCUT2D eigenvalue weighted by Crippen LogP contribution is 2.33. The average molecular weight is 374 g/mol. The van der Waals surface area contributed by atoms with Crippen LogP contribution in [0.25, 0.3) is 5.70 Å². The predicted octanol–water partition coefficient (Wildman–Crippen LogP) is 2.58. The maximum absolute atomic E-state index is 11.8. The molecule has 3 aromatic rings. The van der Waals surface area contributed by atoms with Crippen molar-refractivity contribution in [2.24, 2.45) is 0 Å². The molecule has 7 nitrogen and oxygen atoms in total. The number of carbonyl (C=O) groups excluding carboxylic acids is 1. The van der Waals surface area contributed by atoms with E-state index in [1.165, 1.54) is 0 Å². The molecule has 3 heterocycles. The summed E-state index contributed by atoms with van der Waals surface area (Å²) in [6, 6.07) is 18.1. The van der Waals surface area contributed by atoms with Crippen LogP contribution in [0.4, 0.5) is 11.9 Å². The lowest BCUT2D eigenvalue weighted by atomic mass is 10.0. The summed E-state index contributed by atoms with van der Waals surface area (Å²) in [7, 11) is 1.66. The van der Waals surface area contributed by atoms with E-state index in [1.807, 2.05) is 51.7 Å². The Morgan fingerprint density at radius 2 is 1.89 bits per heavy atom. The third-order valence-corrected chi connectivity index (χ3v) is 5.12. The average Bonchev–Trinajstić information content (AvgIpc) is 3.11. The molecule has 0 radical (unpaired) electrons. The van der Waals surface area contributed by atoms with Crippen molar-refractivity contribution >= 4 is 23.5 Å². The lowest BCUT2D eigenvalue weighted by Gasteiger charge is -2.21. The fourth-order valence-corrected chi connectivity index (χ4v) is 3.67. The first-order chi connectivity index (χ1) is 13.7. The number of ether oxygens (including phenoxy) is 1.